The number of aryl methyl sites for hydroxylation is 1. The minimum absolute atomic E-state index is 0.187. The average molecular weight is 352 g/mol. The maximum atomic E-state index is 12.3. The third-order valence-electron chi connectivity index (χ3n) is 4.40. The van der Waals surface area contributed by atoms with Crippen LogP contribution in [-0.2, 0) is 12.8 Å². The van der Waals surface area contributed by atoms with Crippen molar-refractivity contribution in [2.45, 2.75) is 25.7 Å². The summed E-state index contributed by atoms with van der Waals surface area (Å²) in [7, 11) is 0. The molecule has 26 heavy (non-hydrogen) atoms. The van der Waals surface area contributed by atoms with Crippen LogP contribution in [0.4, 0.5) is 5.82 Å². The Balaban J connectivity index is 1.26. The maximum absolute atomic E-state index is 12.3. The van der Waals surface area contributed by atoms with Crippen molar-refractivity contribution < 1.29 is 9.32 Å². The Hall–Kier alpha value is -3.16. The number of carbonyl (C=O) groups is 1. The number of carbonyl (C=O) groups excluding carboxylic acids is 1. The van der Waals surface area contributed by atoms with Gasteiger partial charge in [-0.25, -0.2) is 0 Å². The van der Waals surface area contributed by atoms with E-state index in [0.29, 0.717) is 24.6 Å². The van der Waals surface area contributed by atoms with E-state index in [1.165, 1.54) is 0 Å². The number of nitrogens with one attached hydrogen (secondary N) is 2. The van der Waals surface area contributed by atoms with Crippen LogP contribution in [0.2, 0.25) is 0 Å². The van der Waals surface area contributed by atoms with Crippen LogP contribution in [0.3, 0.4) is 0 Å². The fraction of sp³-hybridized carbons (Fsp3) is 0.333. The summed E-state index contributed by atoms with van der Waals surface area (Å²) < 4.78 is 7.16. The van der Waals surface area contributed by atoms with Gasteiger partial charge in [-0.1, -0.05) is 5.16 Å². The van der Waals surface area contributed by atoms with Crippen molar-refractivity contribution in [1.82, 2.24) is 25.2 Å². The Kier molecular flexibility index (Phi) is 4.63. The highest BCUT2D eigenvalue weighted by Gasteiger charge is 2.23. The minimum atomic E-state index is -0.187. The first kappa shape index (κ1) is 16.3. The molecule has 2 N–H and O–H groups in total. The monoisotopic (exact) mass is 352 g/mol. The molecule has 0 spiro atoms. The zero-order chi connectivity index (χ0) is 17.8. The number of hydrogen-bond acceptors (Lipinski definition) is 6. The van der Waals surface area contributed by atoms with Crippen molar-refractivity contribution >= 4 is 11.7 Å². The standard InChI is InChI=1S/C18H20N6O2/c25-18(17-13-5-1-2-6-14(13)26-23-17)20-10-9-19-15-7-8-16(22-21-15)24-11-3-4-12-24/h3-4,7-8,11-12H,1-2,5-6,9-10H2,(H,19,21)(H,20,25). The predicted octanol–water partition coefficient (Wildman–Crippen LogP) is 1.98. The van der Waals surface area contributed by atoms with E-state index in [0.717, 1.165) is 42.8 Å². The first-order valence-electron chi connectivity index (χ1n) is 8.78. The summed E-state index contributed by atoms with van der Waals surface area (Å²) in [5.41, 5.74) is 1.39. The van der Waals surface area contributed by atoms with Crippen molar-refractivity contribution in [2.75, 3.05) is 18.4 Å². The first-order valence-corrected chi connectivity index (χ1v) is 8.78. The van der Waals surface area contributed by atoms with Crippen LogP contribution in [0.5, 0.6) is 0 Å². The van der Waals surface area contributed by atoms with Gasteiger partial charge in [-0.15, -0.1) is 10.2 Å². The Morgan fingerprint density at radius 1 is 1.12 bits per heavy atom. The summed E-state index contributed by atoms with van der Waals surface area (Å²) in [5, 5.41) is 18.2. The normalized spacial score (nSPS) is 13.2. The molecule has 0 bridgehead atoms. The summed E-state index contributed by atoms with van der Waals surface area (Å²) in [4.78, 5) is 12.3. The average Bonchev–Trinajstić information content (AvgIpc) is 3.35. The molecule has 0 radical (unpaired) electrons. The van der Waals surface area contributed by atoms with Crippen LogP contribution in [0.1, 0.15) is 34.7 Å². The van der Waals surface area contributed by atoms with Gasteiger partial charge in [0.25, 0.3) is 5.91 Å². The molecule has 0 unspecified atom stereocenters. The van der Waals surface area contributed by atoms with Crippen molar-refractivity contribution in [3.05, 3.63) is 53.7 Å². The predicted molar refractivity (Wildman–Crippen MR) is 95.3 cm³/mol. The van der Waals surface area contributed by atoms with Gasteiger partial charge in [0.05, 0.1) is 0 Å². The molecule has 0 saturated carbocycles. The molecule has 1 aliphatic rings. The lowest BCUT2D eigenvalue weighted by atomic mass is 9.96. The van der Waals surface area contributed by atoms with E-state index in [2.05, 4.69) is 26.0 Å². The van der Waals surface area contributed by atoms with Crippen LogP contribution in [0.15, 0.2) is 41.2 Å². The number of rotatable bonds is 6. The number of fused-ring (bicyclic) bond motifs is 1. The molecule has 0 saturated heterocycles. The number of nitrogens with zero attached hydrogens (tertiary/aromatic N) is 4. The molecule has 0 atom stereocenters. The SMILES string of the molecule is O=C(NCCNc1ccc(-n2cccc2)nn1)c1noc2c1CCCC2. The molecule has 134 valence electrons. The highest BCUT2D eigenvalue weighted by Crippen LogP contribution is 2.23. The highest BCUT2D eigenvalue weighted by atomic mass is 16.5. The summed E-state index contributed by atoms with van der Waals surface area (Å²) >= 11 is 0. The molecule has 1 amide bonds. The summed E-state index contributed by atoms with van der Waals surface area (Å²) in [5.74, 6) is 2.09. The fourth-order valence-corrected chi connectivity index (χ4v) is 3.06. The van der Waals surface area contributed by atoms with Gasteiger partial charge in [0.15, 0.2) is 11.5 Å². The molecular weight excluding hydrogens is 332 g/mol. The molecular formula is C18H20N6O2. The lowest BCUT2D eigenvalue weighted by Gasteiger charge is -2.10. The summed E-state index contributed by atoms with van der Waals surface area (Å²) in [6.07, 6.45) is 7.73. The lowest BCUT2D eigenvalue weighted by Crippen LogP contribution is -2.30. The topological polar surface area (TPSA) is 97.9 Å². The largest absolute Gasteiger partial charge is 0.367 e. The first-order chi connectivity index (χ1) is 12.8. The number of anilines is 1. The van der Waals surface area contributed by atoms with Crippen molar-refractivity contribution in [1.29, 1.82) is 0 Å². The van der Waals surface area contributed by atoms with E-state index < -0.39 is 0 Å². The number of hydrogen-bond donors (Lipinski definition) is 2. The molecule has 0 aromatic carbocycles. The molecule has 1 aliphatic carbocycles. The van der Waals surface area contributed by atoms with Gasteiger partial charge in [-0.3, -0.25) is 4.79 Å². The lowest BCUT2D eigenvalue weighted by molar-refractivity contribution is 0.0945. The summed E-state index contributed by atoms with van der Waals surface area (Å²) in [6.45, 7) is 1.00. The van der Waals surface area contributed by atoms with Gasteiger partial charge in [-0.2, -0.15) is 0 Å². The van der Waals surface area contributed by atoms with Gasteiger partial charge >= 0.3 is 0 Å². The second kappa shape index (κ2) is 7.38. The van der Waals surface area contributed by atoms with E-state index >= 15 is 0 Å². The zero-order valence-electron chi connectivity index (χ0n) is 14.3. The molecule has 3 heterocycles. The maximum Gasteiger partial charge on any atom is 0.273 e. The smallest absolute Gasteiger partial charge is 0.273 e. The second-order valence-electron chi connectivity index (χ2n) is 6.19. The molecule has 4 rings (SSSR count). The minimum Gasteiger partial charge on any atom is -0.367 e. The van der Waals surface area contributed by atoms with Crippen LogP contribution >= 0.6 is 0 Å². The van der Waals surface area contributed by atoms with Crippen molar-refractivity contribution in [2.24, 2.45) is 0 Å². The fourth-order valence-electron chi connectivity index (χ4n) is 3.06. The quantitative estimate of drug-likeness (QED) is 0.658. The molecule has 3 aromatic heterocycles. The molecule has 0 fully saturated rings. The third kappa shape index (κ3) is 3.44. The number of amides is 1. The van der Waals surface area contributed by atoms with Crippen molar-refractivity contribution in [3.8, 4) is 5.82 Å². The van der Waals surface area contributed by atoms with Gasteiger partial charge in [0.2, 0.25) is 0 Å². The van der Waals surface area contributed by atoms with E-state index in [4.69, 9.17) is 4.52 Å². The van der Waals surface area contributed by atoms with E-state index in [1.807, 2.05) is 41.2 Å². The molecule has 0 aliphatic heterocycles. The number of aromatic nitrogens is 4. The van der Waals surface area contributed by atoms with Gasteiger partial charge in [0.1, 0.15) is 11.6 Å². The second-order valence-corrected chi connectivity index (χ2v) is 6.19. The van der Waals surface area contributed by atoms with Gasteiger partial charge in [-0.05, 0) is 43.5 Å². The third-order valence-corrected chi connectivity index (χ3v) is 4.40. The molecule has 3 aromatic rings. The van der Waals surface area contributed by atoms with Gasteiger partial charge in [0, 0.05) is 37.5 Å². The van der Waals surface area contributed by atoms with Crippen LogP contribution < -0.4 is 10.6 Å². The summed E-state index contributed by atoms with van der Waals surface area (Å²) in [6, 6.07) is 7.61. The van der Waals surface area contributed by atoms with Crippen LogP contribution in [-0.4, -0.2) is 38.9 Å². The van der Waals surface area contributed by atoms with Crippen LogP contribution in [0.25, 0.3) is 5.82 Å². The van der Waals surface area contributed by atoms with E-state index in [-0.39, 0.29) is 5.91 Å². The Morgan fingerprint density at radius 2 is 1.96 bits per heavy atom. The zero-order valence-corrected chi connectivity index (χ0v) is 14.3. The Bertz CT molecular complexity index is 870. The van der Waals surface area contributed by atoms with Crippen molar-refractivity contribution in [3.63, 3.8) is 0 Å². The van der Waals surface area contributed by atoms with Gasteiger partial charge < -0.3 is 19.7 Å². The Morgan fingerprint density at radius 3 is 2.77 bits per heavy atom. The highest BCUT2D eigenvalue weighted by molar-refractivity contribution is 5.93. The molecule has 8 nitrogen and oxygen atoms in total. The van der Waals surface area contributed by atoms with Crippen LogP contribution in [0, 0.1) is 0 Å². The van der Waals surface area contributed by atoms with E-state index in [1.54, 1.807) is 0 Å². The molecule has 8 heteroatoms. The Labute approximate surface area is 150 Å². The van der Waals surface area contributed by atoms with E-state index in [9.17, 15) is 4.79 Å².